The van der Waals surface area contributed by atoms with E-state index in [1.54, 1.807) is 4.90 Å². The second-order valence-corrected chi connectivity index (χ2v) is 6.79. The predicted octanol–water partition coefficient (Wildman–Crippen LogP) is 3.29. The number of piperidine rings is 1. The minimum Gasteiger partial charge on any atom is -0.376 e. The molecule has 1 fully saturated rings. The van der Waals surface area contributed by atoms with Gasteiger partial charge in [0.05, 0.1) is 6.54 Å². The molecule has 1 aliphatic heterocycles. The summed E-state index contributed by atoms with van der Waals surface area (Å²) in [6.07, 6.45) is 3.37. The quantitative estimate of drug-likeness (QED) is 0.861. The number of likely N-dealkylation sites (tertiary alicyclic amines) is 1. The zero-order valence-corrected chi connectivity index (χ0v) is 16.0. The molecule has 138 valence electrons. The van der Waals surface area contributed by atoms with Crippen molar-refractivity contribution in [2.45, 2.75) is 53.0 Å². The Labute approximate surface area is 151 Å². The van der Waals surface area contributed by atoms with Gasteiger partial charge in [0.25, 0.3) is 5.91 Å². The Balaban J connectivity index is 2.02. The van der Waals surface area contributed by atoms with E-state index in [2.05, 4.69) is 12.2 Å². The van der Waals surface area contributed by atoms with Crippen LogP contribution in [0.15, 0.2) is 18.2 Å². The Morgan fingerprint density at radius 1 is 1.24 bits per heavy atom. The summed E-state index contributed by atoms with van der Waals surface area (Å²) < 4.78 is 0. The molecule has 2 amide bonds. The first-order valence-electron chi connectivity index (χ1n) is 9.41. The Kier molecular flexibility index (Phi) is 6.85. The van der Waals surface area contributed by atoms with E-state index in [0.717, 1.165) is 49.3 Å². The fourth-order valence-corrected chi connectivity index (χ4v) is 3.42. The average Bonchev–Trinajstić information content (AvgIpc) is 2.61. The van der Waals surface area contributed by atoms with Gasteiger partial charge in [-0.25, -0.2) is 0 Å². The minimum absolute atomic E-state index is 0.0895. The van der Waals surface area contributed by atoms with Gasteiger partial charge in [0.2, 0.25) is 5.91 Å². The summed E-state index contributed by atoms with van der Waals surface area (Å²) >= 11 is 0. The largest absolute Gasteiger partial charge is 0.376 e. The molecular weight excluding hydrogens is 314 g/mol. The molecule has 0 aromatic heterocycles. The Morgan fingerprint density at radius 3 is 2.56 bits per heavy atom. The first-order chi connectivity index (χ1) is 12.0. The molecule has 0 bridgehead atoms. The topological polar surface area (TPSA) is 52.7 Å². The number of nitrogens with one attached hydrogen (secondary N) is 1. The lowest BCUT2D eigenvalue weighted by atomic mass is 10.0. The third kappa shape index (κ3) is 4.74. The number of carbonyl (C=O) groups is 2. The molecule has 5 nitrogen and oxygen atoms in total. The Bertz CT molecular complexity index is 611. The highest BCUT2D eigenvalue weighted by atomic mass is 16.2. The number of rotatable bonds is 6. The summed E-state index contributed by atoms with van der Waals surface area (Å²) in [7, 11) is 0. The molecule has 25 heavy (non-hydrogen) atoms. The summed E-state index contributed by atoms with van der Waals surface area (Å²) in [5.41, 5.74) is 2.62. The summed E-state index contributed by atoms with van der Waals surface area (Å²) in [5.74, 6) is 0.202. The van der Waals surface area contributed by atoms with E-state index >= 15 is 0 Å². The fraction of sp³-hybridized carbons (Fsp3) is 0.600. The van der Waals surface area contributed by atoms with E-state index in [0.29, 0.717) is 6.04 Å². The fourth-order valence-electron chi connectivity index (χ4n) is 3.42. The second kappa shape index (κ2) is 8.88. The van der Waals surface area contributed by atoms with Crippen molar-refractivity contribution in [1.29, 1.82) is 0 Å². The smallest absolute Gasteiger partial charge is 0.254 e. The van der Waals surface area contributed by atoms with Crippen molar-refractivity contribution in [3.05, 3.63) is 29.3 Å². The Hall–Kier alpha value is -2.04. The normalized spacial score (nSPS) is 17.3. The molecule has 1 atom stereocenters. The third-order valence-electron chi connectivity index (χ3n) is 5.08. The summed E-state index contributed by atoms with van der Waals surface area (Å²) in [5, 5.41) is 3.20. The van der Waals surface area contributed by atoms with E-state index in [1.807, 2.05) is 43.9 Å². The van der Waals surface area contributed by atoms with Crippen LogP contribution >= 0.6 is 0 Å². The number of anilines is 1. The van der Waals surface area contributed by atoms with E-state index in [1.165, 1.54) is 6.42 Å². The van der Waals surface area contributed by atoms with Crippen LogP contribution in [0, 0.1) is 6.92 Å². The van der Waals surface area contributed by atoms with Gasteiger partial charge >= 0.3 is 0 Å². The number of hydrogen-bond donors (Lipinski definition) is 1. The molecule has 0 radical (unpaired) electrons. The van der Waals surface area contributed by atoms with Crippen LogP contribution in [0.3, 0.4) is 0 Å². The monoisotopic (exact) mass is 345 g/mol. The van der Waals surface area contributed by atoms with Gasteiger partial charge in [0.15, 0.2) is 0 Å². The van der Waals surface area contributed by atoms with Gasteiger partial charge in [0.1, 0.15) is 0 Å². The van der Waals surface area contributed by atoms with Crippen LogP contribution < -0.4 is 5.32 Å². The molecule has 2 rings (SSSR count). The number of hydrogen-bond acceptors (Lipinski definition) is 3. The van der Waals surface area contributed by atoms with E-state index in [9.17, 15) is 9.59 Å². The summed E-state index contributed by atoms with van der Waals surface area (Å²) in [6, 6.07) is 6.01. The molecule has 1 aromatic rings. The van der Waals surface area contributed by atoms with Crippen LogP contribution in [-0.4, -0.2) is 53.8 Å². The maximum atomic E-state index is 12.8. The van der Waals surface area contributed by atoms with Gasteiger partial charge in [-0.2, -0.15) is 0 Å². The van der Waals surface area contributed by atoms with Crippen molar-refractivity contribution in [3.63, 3.8) is 0 Å². The lowest BCUT2D eigenvalue weighted by molar-refractivity contribution is -0.128. The van der Waals surface area contributed by atoms with Crippen molar-refractivity contribution >= 4 is 17.5 Å². The van der Waals surface area contributed by atoms with Crippen molar-refractivity contribution in [3.8, 4) is 0 Å². The maximum Gasteiger partial charge on any atom is 0.254 e. The molecular formula is C20H31N3O2. The van der Waals surface area contributed by atoms with Crippen molar-refractivity contribution < 1.29 is 9.59 Å². The average molecular weight is 345 g/mol. The van der Waals surface area contributed by atoms with Crippen LogP contribution in [0.4, 0.5) is 5.69 Å². The Morgan fingerprint density at radius 2 is 1.96 bits per heavy atom. The van der Waals surface area contributed by atoms with Crippen molar-refractivity contribution in [2.75, 3.05) is 31.5 Å². The second-order valence-electron chi connectivity index (χ2n) is 6.79. The maximum absolute atomic E-state index is 12.8. The lowest BCUT2D eigenvalue weighted by Crippen LogP contribution is -2.42. The standard InChI is InChI=1S/C20H31N3O2/c1-5-22(6-2)19(24)14-21-18-11-10-17(13-15(18)3)20(25)23-12-8-7-9-16(23)4/h10-11,13,16,21H,5-9,12,14H2,1-4H3. The van der Waals surface area contributed by atoms with Crippen LogP contribution in [0.1, 0.15) is 56.0 Å². The van der Waals surface area contributed by atoms with Crippen LogP contribution in [0.25, 0.3) is 0 Å². The molecule has 1 N–H and O–H groups in total. The third-order valence-corrected chi connectivity index (χ3v) is 5.08. The molecule has 1 aliphatic rings. The van der Waals surface area contributed by atoms with Gasteiger partial charge in [-0.1, -0.05) is 0 Å². The lowest BCUT2D eigenvalue weighted by Gasteiger charge is -2.33. The van der Waals surface area contributed by atoms with E-state index in [4.69, 9.17) is 0 Å². The molecule has 0 aliphatic carbocycles. The molecule has 0 saturated carbocycles. The van der Waals surface area contributed by atoms with Crippen LogP contribution in [-0.2, 0) is 4.79 Å². The molecule has 5 heteroatoms. The van der Waals surface area contributed by atoms with Crippen LogP contribution in [0.5, 0.6) is 0 Å². The molecule has 1 unspecified atom stereocenters. The number of amides is 2. The number of benzene rings is 1. The van der Waals surface area contributed by atoms with Gasteiger partial charge in [0, 0.05) is 36.9 Å². The number of nitrogens with zero attached hydrogens (tertiary/aromatic N) is 2. The SMILES string of the molecule is CCN(CC)C(=O)CNc1ccc(C(=O)N2CCCCC2C)cc1C. The van der Waals surface area contributed by atoms with Gasteiger partial charge in [-0.15, -0.1) is 0 Å². The first-order valence-corrected chi connectivity index (χ1v) is 9.41. The zero-order valence-electron chi connectivity index (χ0n) is 16.0. The highest BCUT2D eigenvalue weighted by Crippen LogP contribution is 2.22. The summed E-state index contributed by atoms with van der Waals surface area (Å²) in [4.78, 5) is 28.6. The van der Waals surface area contributed by atoms with Gasteiger partial charge < -0.3 is 15.1 Å². The predicted molar refractivity (Wildman–Crippen MR) is 102 cm³/mol. The minimum atomic E-state index is 0.0895. The number of carbonyl (C=O) groups excluding carboxylic acids is 2. The highest BCUT2D eigenvalue weighted by Gasteiger charge is 2.24. The number of aryl methyl sites for hydroxylation is 1. The molecule has 1 heterocycles. The first kappa shape index (κ1) is 19.3. The molecule has 1 saturated heterocycles. The van der Waals surface area contributed by atoms with E-state index in [-0.39, 0.29) is 18.4 Å². The highest BCUT2D eigenvalue weighted by molar-refractivity contribution is 5.95. The van der Waals surface area contributed by atoms with Crippen LogP contribution in [0.2, 0.25) is 0 Å². The molecule has 0 spiro atoms. The van der Waals surface area contributed by atoms with Crippen molar-refractivity contribution in [2.24, 2.45) is 0 Å². The zero-order chi connectivity index (χ0) is 18.4. The van der Waals surface area contributed by atoms with Gasteiger partial charge in [-0.3, -0.25) is 9.59 Å². The van der Waals surface area contributed by atoms with E-state index < -0.39 is 0 Å². The van der Waals surface area contributed by atoms with Crippen molar-refractivity contribution in [1.82, 2.24) is 9.80 Å². The molecule has 1 aromatic carbocycles. The summed E-state index contributed by atoms with van der Waals surface area (Å²) in [6.45, 7) is 10.6. The van der Waals surface area contributed by atoms with Gasteiger partial charge in [-0.05, 0) is 70.7 Å². The number of likely N-dealkylation sites (N-methyl/N-ethyl adjacent to an activating group) is 1.